The highest BCUT2D eigenvalue weighted by molar-refractivity contribution is 6.46. The first-order valence-electron chi connectivity index (χ1n) is 10.7. The number of ketones is 1. The number of fused-ring (bicyclic) bond motifs is 1. The van der Waals surface area contributed by atoms with Crippen molar-refractivity contribution in [1.82, 2.24) is 14.9 Å². The monoisotopic (exact) mass is 451 g/mol. The van der Waals surface area contributed by atoms with Crippen molar-refractivity contribution >= 4 is 28.2 Å². The van der Waals surface area contributed by atoms with Gasteiger partial charge in [-0.25, -0.2) is 0 Å². The minimum atomic E-state index is -0.777. The summed E-state index contributed by atoms with van der Waals surface area (Å²) in [6.07, 6.45) is 6.52. The van der Waals surface area contributed by atoms with Gasteiger partial charge in [0.1, 0.15) is 11.5 Å². The summed E-state index contributed by atoms with van der Waals surface area (Å²) < 4.78 is 5.27. The van der Waals surface area contributed by atoms with Crippen LogP contribution in [0.2, 0.25) is 0 Å². The molecule has 0 bridgehead atoms. The first-order chi connectivity index (χ1) is 16.6. The number of hydrogen-bond acceptors (Lipinski definition) is 6. The quantitative estimate of drug-likeness (QED) is 0.277. The topological polar surface area (TPSA) is 92.6 Å². The van der Waals surface area contributed by atoms with E-state index in [0.717, 1.165) is 22.1 Å². The molecule has 1 unspecified atom stereocenters. The van der Waals surface area contributed by atoms with Crippen molar-refractivity contribution in [2.45, 2.75) is 12.6 Å². The number of methoxy groups -OCH3 is 1. The molecule has 1 aliphatic heterocycles. The van der Waals surface area contributed by atoms with Crippen molar-refractivity contribution in [3.63, 3.8) is 0 Å². The zero-order valence-corrected chi connectivity index (χ0v) is 18.4. The zero-order valence-electron chi connectivity index (χ0n) is 18.4. The Balaban J connectivity index is 1.63. The second-order valence-corrected chi connectivity index (χ2v) is 8.00. The molecule has 3 heterocycles. The second kappa shape index (κ2) is 8.78. The molecule has 1 aliphatic rings. The van der Waals surface area contributed by atoms with Crippen LogP contribution in [0.1, 0.15) is 22.7 Å². The van der Waals surface area contributed by atoms with Crippen molar-refractivity contribution in [1.29, 1.82) is 0 Å². The van der Waals surface area contributed by atoms with Crippen LogP contribution in [0.4, 0.5) is 0 Å². The maximum absolute atomic E-state index is 13.2. The van der Waals surface area contributed by atoms with Gasteiger partial charge in [0.2, 0.25) is 0 Å². The molecule has 1 N–H and O–H groups in total. The minimum absolute atomic E-state index is 0.0368. The van der Waals surface area contributed by atoms with Crippen molar-refractivity contribution in [3.05, 3.63) is 108 Å². The number of carbonyl (C=O) groups excluding carboxylic acids is 2. The van der Waals surface area contributed by atoms with Crippen molar-refractivity contribution in [2.24, 2.45) is 0 Å². The summed E-state index contributed by atoms with van der Waals surface area (Å²) in [7, 11) is 1.60. The van der Waals surface area contributed by atoms with E-state index in [-0.39, 0.29) is 17.9 Å². The van der Waals surface area contributed by atoms with Crippen LogP contribution < -0.4 is 4.74 Å². The van der Waals surface area contributed by atoms with Gasteiger partial charge in [-0.05, 0) is 52.2 Å². The van der Waals surface area contributed by atoms with Gasteiger partial charge in [-0.3, -0.25) is 19.6 Å². The molecule has 4 aromatic rings. The van der Waals surface area contributed by atoms with Gasteiger partial charge in [0.05, 0.1) is 18.7 Å². The summed E-state index contributed by atoms with van der Waals surface area (Å²) in [5, 5.41) is 13.1. The Morgan fingerprint density at radius 1 is 0.971 bits per heavy atom. The number of aromatic nitrogens is 2. The van der Waals surface area contributed by atoms with Crippen molar-refractivity contribution in [3.8, 4) is 5.75 Å². The molecule has 1 amide bonds. The number of benzene rings is 2. The summed E-state index contributed by atoms with van der Waals surface area (Å²) in [6.45, 7) is 0.173. The van der Waals surface area contributed by atoms with E-state index in [1.165, 1.54) is 4.90 Å². The Morgan fingerprint density at radius 2 is 1.71 bits per heavy atom. The molecule has 1 saturated heterocycles. The molecule has 1 atom stereocenters. The summed E-state index contributed by atoms with van der Waals surface area (Å²) >= 11 is 0. The first-order valence-corrected chi connectivity index (χ1v) is 10.7. The normalized spacial score (nSPS) is 17.3. The molecular formula is C27H21N3O4. The van der Waals surface area contributed by atoms with Gasteiger partial charge >= 0.3 is 0 Å². The van der Waals surface area contributed by atoms with E-state index in [0.29, 0.717) is 11.1 Å². The summed E-state index contributed by atoms with van der Waals surface area (Å²) in [5.41, 5.74) is 1.90. The fraction of sp³-hybridized carbons (Fsp3) is 0.111. The number of ether oxygens (including phenoxy) is 1. The Hall–Kier alpha value is -4.52. The lowest BCUT2D eigenvalue weighted by Crippen LogP contribution is -2.29. The predicted octanol–water partition coefficient (Wildman–Crippen LogP) is 4.26. The highest BCUT2D eigenvalue weighted by Gasteiger charge is 2.46. The molecule has 168 valence electrons. The Bertz CT molecular complexity index is 1420. The van der Waals surface area contributed by atoms with Gasteiger partial charge in [-0.2, -0.15) is 0 Å². The van der Waals surface area contributed by atoms with Crippen LogP contribution in [-0.2, 0) is 16.1 Å². The first kappa shape index (κ1) is 21.3. The molecule has 5 rings (SSSR count). The lowest BCUT2D eigenvalue weighted by atomic mass is 9.95. The third-order valence-electron chi connectivity index (χ3n) is 5.94. The fourth-order valence-electron chi connectivity index (χ4n) is 4.27. The van der Waals surface area contributed by atoms with Gasteiger partial charge in [0.15, 0.2) is 0 Å². The van der Waals surface area contributed by atoms with Gasteiger partial charge in [0, 0.05) is 36.9 Å². The highest BCUT2D eigenvalue weighted by Crippen LogP contribution is 2.40. The Morgan fingerprint density at radius 3 is 2.41 bits per heavy atom. The lowest BCUT2D eigenvalue weighted by molar-refractivity contribution is -0.140. The van der Waals surface area contributed by atoms with Crippen LogP contribution in [0.25, 0.3) is 16.5 Å². The smallest absolute Gasteiger partial charge is 0.295 e. The van der Waals surface area contributed by atoms with Gasteiger partial charge in [0.25, 0.3) is 11.7 Å². The third-order valence-corrected chi connectivity index (χ3v) is 5.94. The number of pyridine rings is 2. The molecule has 7 heteroatoms. The second-order valence-electron chi connectivity index (χ2n) is 8.00. The average Bonchev–Trinajstić information content (AvgIpc) is 3.13. The standard InChI is InChI=1S/C27H21N3O4/c1-34-22-9-8-18-12-20(7-6-19(18)13-22)25(31)23-24(21-5-3-11-29-15-21)30(27(33)26(23)32)16-17-4-2-10-28-14-17/h2-15,24,31H,16H2,1H3/b25-23+. The fourth-order valence-corrected chi connectivity index (χ4v) is 4.27. The molecule has 0 aliphatic carbocycles. The van der Waals surface area contributed by atoms with Crippen molar-refractivity contribution in [2.75, 3.05) is 7.11 Å². The van der Waals surface area contributed by atoms with E-state index in [9.17, 15) is 14.7 Å². The third kappa shape index (κ3) is 3.77. The van der Waals surface area contributed by atoms with Crippen LogP contribution in [0.3, 0.4) is 0 Å². The number of Topliss-reactive ketones (excluding diaryl/α,β-unsaturated/α-hetero) is 1. The SMILES string of the molecule is COc1ccc2cc(/C(O)=C3\C(=O)C(=O)N(Cc4cccnc4)C3c3cccnc3)ccc2c1. The molecule has 0 radical (unpaired) electrons. The van der Waals surface area contributed by atoms with E-state index in [1.54, 1.807) is 62.2 Å². The molecule has 1 fully saturated rings. The average molecular weight is 451 g/mol. The van der Waals surface area contributed by atoms with Gasteiger partial charge in [-0.1, -0.05) is 30.3 Å². The summed E-state index contributed by atoms with van der Waals surface area (Å²) in [6, 6.07) is 17.3. The number of aliphatic hydroxyl groups is 1. The summed E-state index contributed by atoms with van der Waals surface area (Å²) in [5.74, 6) is -0.907. The molecule has 0 saturated carbocycles. The number of likely N-dealkylation sites (tertiary alicyclic amines) is 1. The number of nitrogens with zero attached hydrogens (tertiary/aromatic N) is 3. The molecular weight excluding hydrogens is 430 g/mol. The molecule has 0 spiro atoms. The largest absolute Gasteiger partial charge is 0.507 e. The van der Waals surface area contributed by atoms with E-state index in [1.807, 2.05) is 30.3 Å². The van der Waals surface area contributed by atoms with Gasteiger partial charge in [-0.15, -0.1) is 0 Å². The van der Waals surface area contributed by atoms with Gasteiger partial charge < -0.3 is 14.7 Å². The maximum atomic E-state index is 13.2. The number of carbonyl (C=O) groups is 2. The Kier molecular flexibility index (Phi) is 5.51. The molecule has 34 heavy (non-hydrogen) atoms. The van der Waals surface area contributed by atoms with Crippen LogP contribution in [0.15, 0.2) is 91.0 Å². The van der Waals surface area contributed by atoms with Crippen LogP contribution in [-0.4, -0.2) is 38.8 Å². The minimum Gasteiger partial charge on any atom is -0.507 e. The molecule has 7 nitrogen and oxygen atoms in total. The molecule has 2 aromatic heterocycles. The van der Waals surface area contributed by atoms with Crippen LogP contribution in [0, 0.1) is 0 Å². The summed E-state index contributed by atoms with van der Waals surface area (Å²) in [4.78, 5) is 36.0. The van der Waals surface area contributed by atoms with E-state index < -0.39 is 17.7 Å². The van der Waals surface area contributed by atoms with Crippen LogP contribution >= 0.6 is 0 Å². The maximum Gasteiger partial charge on any atom is 0.295 e. The lowest BCUT2D eigenvalue weighted by Gasteiger charge is -2.25. The number of rotatable bonds is 5. The van der Waals surface area contributed by atoms with Crippen LogP contribution in [0.5, 0.6) is 5.75 Å². The number of aliphatic hydroxyl groups excluding tert-OH is 1. The van der Waals surface area contributed by atoms with E-state index in [4.69, 9.17) is 4.74 Å². The highest BCUT2D eigenvalue weighted by atomic mass is 16.5. The number of amides is 1. The van der Waals surface area contributed by atoms with Crippen molar-refractivity contribution < 1.29 is 19.4 Å². The predicted molar refractivity (Wildman–Crippen MR) is 127 cm³/mol. The Labute approximate surface area is 196 Å². The van der Waals surface area contributed by atoms with E-state index in [2.05, 4.69) is 9.97 Å². The molecule has 2 aromatic carbocycles. The zero-order chi connectivity index (χ0) is 23.7. The van der Waals surface area contributed by atoms with E-state index >= 15 is 0 Å². The number of hydrogen-bond donors (Lipinski definition) is 1.